The van der Waals surface area contributed by atoms with E-state index in [0.717, 1.165) is 12.8 Å². The summed E-state index contributed by atoms with van der Waals surface area (Å²) in [4.78, 5) is 30.7. The van der Waals surface area contributed by atoms with Gasteiger partial charge in [0.1, 0.15) is 28.0 Å². The molecule has 3 aromatic rings. The average Bonchev–Trinajstić information content (AvgIpc) is 2.69. The summed E-state index contributed by atoms with van der Waals surface area (Å²) in [7, 11) is 0. The van der Waals surface area contributed by atoms with Crippen LogP contribution in [0.25, 0.3) is 11.0 Å². The van der Waals surface area contributed by atoms with Gasteiger partial charge in [-0.3, -0.25) is 9.78 Å². The van der Waals surface area contributed by atoms with Crippen molar-refractivity contribution in [3.63, 3.8) is 0 Å². The monoisotopic (exact) mass is 384 g/mol. The van der Waals surface area contributed by atoms with Gasteiger partial charge in [-0.05, 0) is 25.0 Å². The molecule has 6 nitrogen and oxygen atoms in total. The summed E-state index contributed by atoms with van der Waals surface area (Å²) in [5.41, 5.74) is -0.124. The second-order valence-electron chi connectivity index (χ2n) is 6.42. The van der Waals surface area contributed by atoms with Crippen molar-refractivity contribution in [2.24, 2.45) is 0 Å². The molecule has 1 saturated heterocycles. The molecule has 138 valence electrons. The Kier molecular flexibility index (Phi) is 4.81. The van der Waals surface area contributed by atoms with E-state index < -0.39 is 5.63 Å². The zero-order valence-corrected chi connectivity index (χ0v) is 15.2. The van der Waals surface area contributed by atoms with Crippen LogP contribution in [0.4, 0.5) is 0 Å². The number of carbonyl (C=O) groups is 1. The van der Waals surface area contributed by atoms with Crippen LogP contribution in [0.1, 0.15) is 23.2 Å². The number of carbonyl (C=O) groups excluding carboxylic acids is 1. The first-order chi connectivity index (χ1) is 13.1. The van der Waals surface area contributed by atoms with E-state index in [1.807, 2.05) is 12.1 Å². The molecule has 0 saturated carbocycles. The zero-order valence-electron chi connectivity index (χ0n) is 14.4. The van der Waals surface area contributed by atoms with E-state index in [2.05, 4.69) is 4.98 Å². The van der Waals surface area contributed by atoms with Crippen LogP contribution >= 0.6 is 11.6 Å². The van der Waals surface area contributed by atoms with Gasteiger partial charge in [-0.1, -0.05) is 29.8 Å². The van der Waals surface area contributed by atoms with Crippen molar-refractivity contribution < 1.29 is 13.9 Å². The molecule has 0 bridgehead atoms. The highest BCUT2D eigenvalue weighted by Gasteiger charge is 2.28. The topological polar surface area (TPSA) is 72.6 Å². The highest BCUT2D eigenvalue weighted by Crippen LogP contribution is 2.26. The minimum absolute atomic E-state index is 0.0382. The Balaban J connectivity index is 1.54. The van der Waals surface area contributed by atoms with Gasteiger partial charge < -0.3 is 14.1 Å². The number of piperidine rings is 1. The van der Waals surface area contributed by atoms with Crippen LogP contribution < -0.4 is 10.4 Å². The van der Waals surface area contributed by atoms with Gasteiger partial charge in [0, 0.05) is 30.4 Å². The predicted octanol–water partition coefficient (Wildman–Crippen LogP) is 3.53. The van der Waals surface area contributed by atoms with Crippen molar-refractivity contribution in [3.05, 3.63) is 69.8 Å². The van der Waals surface area contributed by atoms with Crippen LogP contribution in [0.2, 0.25) is 5.02 Å². The molecule has 1 fully saturated rings. The number of halogens is 1. The summed E-state index contributed by atoms with van der Waals surface area (Å²) in [6, 6.07) is 10.4. The van der Waals surface area contributed by atoms with Crippen molar-refractivity contribution >= 4 is 28.5 Å². The molecule has 0 radical (unpaired) electrons. The van der Waals surface area contributed by atoms with Crippen molar-refractivity contribution in [1.29, 1.82) is 0 Å². The Hall–Kier alpha value is -2.86. The molecule has 1 aliphatic rings. The van der Waals surface area contributed by atoms with Crippen molar-refractivity contribution in [1.82, 2.24) is 9.88 Å². The largest absolute Gasteiger partial charge is 0.487 e. The van der Waals surface area contributed by atoms with E-state index in [-0.39, 0.29) is 17.6 Å². The number of hydrogen-bond donors (Lipinski definition) is 0. The Labute approximate surface area is 160 Å². The first-order valence-electron chi connectivity index (χ1n) is 8.70. The molecule has 0 N–H and O–H groups in total. The Morgan fingerprint density at radius 3 is 3.00 bits per heavy atom. The number of aromatic nitrogens is 1. The summed E-state index contributed by atoms with van der Waals surface area (Å²) in [5, 5.41) is 1.14. The molecule has 7 heteroatoms. The maximum Gasteiger partial charge on any atom is 0.349 e. The second-order valence-corrected chi connectivity index (χ2v) is 6.83. The molecule has 27 heavy (non-hydrogen) atoms. The van der Waals surface area contributed by atoms with E-state index in [1.54, 1.807) is 35.4 Å². The Morgan fingerprint density at radius 1 is 1.30 bits per heavy atom. The molecular weight excluding hydrogens is 368 g/mol. The van der Waals surface area contributed by atoms with Crippen LogP contribution in [-0.2, 0) is 0 Å². The van der Waals surface area contributed by atoms with E-state index in [9.17, 15) is 9.59 Å². The number of nitrogens with zero attached hydrogens (tertiary/aromatic N) is 2. The maximum absolute atomic E-state index is 12.9. The van der Waals surface area contributed by atoms with Crippen LogP contribution in [0.5, 0.6) is 5.75 Å². The van der Waals surface area contributed by atoms with Gasteiger partial charge in [0.2, 0.25) is 0 Å². The second kappa shape index (κ2) is 7.40. The number of para-hydroxylation sites is 1. The molecule has 3 heterocycles. The molecule has 0 spiro atoms. The highest BCUT2D eigenvalue weighted by atomic mass is 35.5. The van der Waals surface area contributed by atoms with Crippen LogP contribution in [0.15, 0.2) is 58.0 Å². The Morgan fingerprint density at radius 2 is 2.15 bits per heavy atom. The van der Waals surface area contributed by atoms with Crippen LogP contribution in [0, 0.1) is 0 Å². The molecule has 1 atom stereocenters. The minimum Gasteiger partial charge on any atom is -0.487 e. The number of amides is 1. The summed E-state index contributed by atoms with van der Waals surface area (Å²) in [5.74, 6) is 0.194. The minimum atomic E-state index is -0.626. The van der Waals surface area contributed by atoms with Gasteiger partial charge in [0.05, 0.1) is 6.54 Å². The lowest BCUT2D eigenvalue weighted by Crippen LogP contribution is -2.45. The highest BCUT2D eigenvalue weighted by molar-refractivity contribution is 6.31. The number of rotatable bonds is 3. The number of pyridine rings is 1. The quantitative estimate of drug-likeness (QED) is 0.646. The van der Waals surface area contributed by atoms with Crippen molar-refractivity contribution in [2.75, 3.05) is 13.1 Å². The fraction of sp³-hybridized carbons (Fsp3) is 0.250. The third-order valence-corrected chi connectivity index (χ3v) is 4.85. The maximum atomic E-state index is 12.9. The molecule has 2 aromatic heterocycles. The molecule has 1 aliphatic heterocycles. The third-order valence-electron chi connectivity index (χ3n) is 4.57. The summed E-state index contributed by atoms with van der Waals surface area (Å²) in [6.45, 7) is 0.943. The predicted molar refractivity (Wildman–Crippen MR) is 101 cm³/mol. The van der Waals surface area contributed by atoms with Gasteiger partial charge in [-0.15, -0.1) is 0 Å². The Bertz CT molecular complexity index is 1050. The lowest BCUT2D eigenvalue weighted by Gasteiger charge is -2.32. The van der Waals surface area contributed by atoms with Crippen molar-refractivity contribution in [3.8, 4) is 5.75 Å². The van der Waals surface area contributed by atoms with E-state index in [1.165, 1.54) is 6.20 Å². The third kappa shape index (κ3) is 3.66. The van der Waals surface area contributed by atoms with Gasteiger partial charge in [-0.2, -0.15) is 0 Å². The smallest absolute Gasteiger partial charge is 0.349 e. The molecule has 0 aliphatic carbocycles. The number of likely N-dealkylation sites (tertiary alicyclic amines) is 1. The fourth-order valence-corrected chi connectivity index (χ4v) is 3.40. The summed E-state index contributed by atoms with van der Waals surface area (Å²) < 4.78 is 11.2. The molecule has 1 unspecified atom stereocenters. The first kappa shape index (κ1) is 17.5. The van der Waals surface area contributed by atoms with Crippen LogP contribution in [-0.4, -0.2) is 35.0 Å². The molecule has 1 aromatic carbocycles. The van der Waals surface area contributed by atoms with E-state index >= 15 is 0 Å². The summed E-state index contributed by atoms with van der Waals surface area (Å²) >= 11 is 6.09. The average molecular weight is 385 g/mol. The number of fused-ring (bicyclic) bond motifs is 1. The zero-order chi connectivity index (χ0) is 18.8. The fourth-order valence-electron chi connectivity index (χ4n) is 3.24. The number of ether oxygens (including phenoxy) is 1. The normalized spacial score (nSPS) is 17.1. The molecule has 4 rings (SSSR count). The molecule has 1 amide bonds. The molecular formula is C20H17ClN2O4. The van der Waals surface area contributed by atoms with E-state index in [0.29, 0.717) is 34.8 Å². The van der Waals surface area contributed by atoms with Gasteiger partial charge in [0.25, 0.3) is 5.91 Å². The van der Waals surface area contributed by atoms with Gasteiger partial charge in [0.15, 0.2) is 0 Å². The lowest BCUT2D eigenvalue weighted by atomic mass is 10.1. The van der Waals surface area contributed by atoms with Crippen LogP contribution in [0.3, 0.4) is 0 Å². The van der Waals surface area contributed by atoms with Gasteiger partial charge in [-0.25, -0.2) is 4.79 Å². The number of hydrogen-bond acceptors (Lipinski definition) is 5. The van der Waals surface area contributed by atoms with Gasteiger partial charge >= 0.3 is 5.63 Å². The number of benzene rings is 1. The summed E-state index contributed by atoms with van der Waals surface area (Å²) in [6.07, 6.45) is 4.50. The lowest BCUT2D eigenvalue weighted by molar-refractivity contribution is 0.0534. The standard InChI is InChI=1S/C20H17ClN2O4/c21-16-11-22-8-7-18(16)26-14-5-3-9-23(12-14)19(24)15-10-13-4-1-2-6-17(13)27-20(15)25/h1-2,4,6-8,10-11,14H,3,5,9,12H2. The van der Waals surface area contributed by atoms with Crippen molar-refractivity contribution in [2.45, 2.75) is 18.9 Å². The van der Waals surface area contributed by atoms with E-state index in [4.69, 9.17) is 20.8 Å². The SMILES string of the molecule is O=C(c1cc2ccccc2oc1=O)N1CCCC(Oc2ccncc2Cl)C1. The first-order valence-corrected chi connectivity index (χ1v) is 9.08.